The molecule has 2 aliphatic carbocycles. The lowest BCUT2D eigenvalue weighted by molar-refractivity contribution is -0.137. The van der Waals surface area contributed by atoms with Crippen molar-refractivity contribution in [3.8, 4) is 0 Å². The van der Waals surface area contributed by atoms with Crippen molar-refractivity contribution in [1.29, 1.82) is 0 Å². The standard InChI is InChI=1S/C18H30N2O/c21-18(17-14-5-4-6-15(14)17)20-12-3-1-2-7-16(20)13-8-10-19-11-9-13/h13-17,19H,1-12H2. The van der Waals surface area contributed by atoms with Crippen LogP contribution in [0.2, 0.25) is 0 Å². The molecule has 118 valence electrons. The first-order chi connectivity index (χ1) is 10.4. The Labute approximate surface area is 128 Å². The average molecular weight is 290 g/mol. The van der Waals surface area contributed by atoms with Gasteiger partial charge in [0.05, 0.1) is 0 Å². The fraction of sp³-hybridized carbons (Fsp3) is 0.944. The number of nitrogens with zero attached hydrogens (tertiary/aromatic N) is 1. The smallest absolute Gasteiger partial charge is 0.226 e. The van der Waals surface area contributed by atoms with Gasteiger partial charge in [-0.3, -0.25) is 4.79 Å². The van der Waals surface area contributed by atoms with Crippen LogP contribution >= 0.6 is 0 Å². The van der Waals surface area contributed by atoms with E-state index in [0.717, 1.165) is 37.4 Å². The predicted octanol–water partition coefficient (Wildman–Crippen LogP) is 2.80. The van der Waals surface area contributed by atoms with Crippen molar-refractivity contribution in [3.05, 3.63) is 0 Å². The van der Waals surface area contributed by atoms with Crippen molar-refractivity contribution in [2.24, 2.45) is 23.7 Å². The summed E-state index contributed by atoms with van der Waals surface area (Å²) in [6.07, 6.45) is 11.7. The van der Waals surface area contributed by atoms with Gasteiger partial charge in [0.2, 0.25) is 5.91 Å². The molecule has 0 aromatic rings. The number of fused-ring (bicyclic) bond motifs is 1. The molecule has 3 nitrogen and oxygen atoms in total. The molecule has 4 rings (SSSR count). The van der Waals surface area contributed by atoms with E-state index in [-0.39, 0.29) is 0 Å². The molecule has 1 amide bonds. The van der Waals surface area contributed by atoms with Crippen LogP contribution in [0.4, 0.5) is 0 Å². The molecule has 2 heterocycles. The first-order valence-corrected chi connectivity index (χ1v) is 9.37. The van der Waals surface area contributed by atoms with Crippen molar-refractivity contribution in [3.63, 3.8) is 0 Å². The average Bonchev–Trinajstić information content (AvgIpc) is 3.12. The van der Waals surface area contributed by atoms with Crippen LogP contribution in [0.3, 0.4) is 0 Å². The molecule has 0 bridgehead atoms. The van der Waals surface area contributed by atoms with Gasteiger partial charge < -0.3 is 10.2 Å². The number of hydrogen-bond donors (Lipinski definition) is 1. The highest BCUT2D eigenvalue weighted by atomic mass is 16.2. The molecule has 4 aliphatic rings. The first-order valence-electron chi connectivity index (χ1n) is 9.37. The van der Waals surface area contributed by atoms with Crippen LogP contribution in [-0.4, -0.2) is 36.5 Å². The van der Waals surface area contributed by atoms with Gasteiger partial charge in [0, 0.05) is 18.5 Å². The Balaban J connectivity index is 1.47. The van der Waals surface area contributed by atoms with Gasteiger partial charge in [-0.05, 0) is 69.4 Å². The number of piperidine rings is 1. The zero-order valence-corrected chi connectivity index (χ0v) is 13.2. The SMILES string of the molecule is O=C(C1C2CCCC21)N1CCCCCC1C1CCNCC1. The Morgan fingerprint density at radius 1 is 0.857 bits per heavy atom. The van der Waals surface area contributed by atoms with Crippen molar-refractivity contribution in [2.75, 3.05) is 19.6 Å². The lowest BCUT2D eigenvalue weighted by Gasteiger charge is -2.38. The molecule has 0 spiro atoms. The maximum absolute atomic E-state index is 13.1. The second-order valence-electron chi connectivity index (χ2n) is 7.82. The monoisotopic (exact) mass is 290 g/mol. The highest BCUT2D eigenvalue weighted by molar-refractivity contribution is 5.83. The topological polar surface area (TPSA) is 32.3 Å². The first kappa shape index (κ1) is 14.0. The van der Waals surface area contributed by atoms with Gasteiger partial charge in [-0.15, -0.1) is 0 Å². The Bertz CT molecular complexity index is 381. The van der Waals surface area contributed by atoms with Crippen LogP contribution < -0.4 is 5.32 Å². The van der Waals surface area contributed by atoms with Crippen LogP contribution in [0.25, 0.3) is 0 Å². The highest BCUT2D eigenvalue weighted by Crippen LogP contribution is 2.58. The molecule has 0 radical (unpaired) electrons. The predicted molar refractivity (Wildman–Crippen MR) is 83.9 cm³/mol. The lowest BCUT2D eigenvalue weighted by Crippen LogP contribution is -2.48. The molecule has 3 heteroatoms. The van der Waals surface area contributed by atoms with Gasteiger partial charge in [-0.1, -0.05) is 19.3 Å². The minimum Gasteiger partial charge on any atom is -0.339 e. The molecule has 3 atom stereocenters. The van der Waals surface area contributed by atoms with E-state index in [2.05, 4.69) is 10.2 Å². The zero-order valence-electron chi connectivity index (χ0n) is 13.2. The van der Waals surface area contributed by atoms with Gasteiger partial charge >= 0.3 is 0 Å². The highest BCUT2D eigenvalue weighted by Gasteiger charge is 2.58. The van der Waals surface area contributed by atoms with E-state index in [9.17, 15) is 4.79 Å². The van der Waals surface area contributed by atoms with Crippen molar-refractivity contribution >= 4 is 5.91 Å². The number of carbonyl (C=O) groups is 1. The summed E-state index contributed by atoms with van der Waals surface area (Å²) in [6.45, 7) is 3.35. The Kier molecular flexibility index (Phi) is 3.95. The number of amides is 1. The molecule has 0 aromatic carbocycles. The summed E-state index contributed by atoms with van der Waals surface area (Å²) in [7, 11) is 0. The summed E-state index contributed by atoms with van der Waals surface area (Å²) in [6, 6.07) is 0.559. The molecule has 3 unspecified atom stereocenters. The number of hydrogen-bond acceptors (Lipinski definition) is 2. The lowest BCUT2D eigenvalue weighted by atomic mass is 9.86. The van der Waals surface area contributed by atoms with E-state index in [0.29, 0.717) is 17.9 Å². The fourth-order valence-electron chi connectivity index (χ4n) is 5.51. The Hall–Kier alpha value is -0.570. The van der Waals surface area contributed by atoms with Crippen LogP contribution in [0.1, 0.15) is 57.8 Å². The van der Waals surface area contributed by atoms with E-state index in [1.807, 2.05) is 0 Å². The molecule has 0 aromatic heterocycles. The van der Waals surface area contributed by atoms with E-state index >= 15 is 0 Å². The Morgan fingerprint density at radius 3 is 2.38 bits per heavy atom. The summed E-state index contributed by atoms with van der Waals surface area (Å²) in [5.41, 5.74) is 0. The summed E-state index contributed by atoms with van der Waals surface area (Å²) in [4.78, 5) is 15.5. The van der Waals surface area contributed by atoms with Crippen molar-refractivity contribution in [1.82, 2.24) is 10.2 Å². The van der Waals surface area contributed by atoms with Gasteiger partial charge in [0.25, 0.3) is 0 Å². The minimum absolute atomic E-state index is 0.432. The van der Waals surface area contributed by atoms with E-state index in [4.69, 9.17) is 0 Å². The van der Waals surface area contributed by atoms with Gasteiger partial charge in [-0.25, -0.2) is 0 Å². The summed E-state index contributed by atoms with van der Waals surface area (Å²) in [5, 5.41) is 3.48. The minimum atomic E-state index is 0.432. The summed E-state index contributed by atoms with van der Waals surface area (Å²) >= 11 is 0. The maximum Gasteiger partial charge on any atom is 0.226 e. The number of nitrogens with one attached hydrogen (secondary N) is 1. The van der Waals surface area contributed by atoms with E-state index in [1.54, 1.807) is 0 Å². The third kappa shape index (κ3) is 2.62. The molecule has 21 heavy (non-hydrogen) atoms. The largest absolute Gasteiger partial charge is 0.339 e. The van der Waals surface area contributed by atoms with Crippen LogP contribution in [-0.2, 0) is 4.79 Å². The van der Waals surface area contributed by atoms with Gasteiger partial charge in [-0.2, -0.15) is 0 Å². The molecule has 2 saturated carbocycles. The molecule has 1 N–H and O–H groups in total. The maximum atomic E-state index is 13.1. The van der Waals surface area contributed by atoms with E-state index in [1.165, 1.54) is 57.8 Å². The van der Waals surface area contributed by atoms with Crippen molar-refractivity contribution < 1.29 is 4.79 Å². The second-order valence-corrected chi connectivity index (χ2v) is 7.82. The second kappa shape index (κ2) is 5.91. The molecular formula is C18H30N2O. The van der Waals surface area contributed by atoms with Gasteiger partial charge in [0.1, 0.15) is 0 Å². The Morgan fingerprint density at radius 2 is 1.62 bits per heavy atom. The van der Waals surface area contributed by atoms with E-state index < -0.39 is 0 Å². The number of rotatable bonds is 2. The normalized spacial score (nSPS) is 40.7. The quantitative estimate of drug-likeness (QED) is 0.848. The third-order valence-corrected chi connectivity index (χ3v) is 6.70. The fourth-order valence-corrected chi connectivity index (χ4v) is 5.51. The van der Waals surface area contributed by atoms with Crippen molar-refractivity contribution in [2.45, 2.75) is 63.8 Å². The molecule has 2 aliphatic heterocycles. The zero-order chi connectivity index (χ0) is 14.2. The summed E-state index contributed by atoms with van der Waals surface area (Å²) < 4.78 is 0. The number of likely N-dealkylation sites (tertiary alicyclic amines) is 1. The summed E-state index contributed by atoms with van der Waals surface area (Å²) in [5.74, 6) is 3.28. The third-order valence-electron chi connectivity index (χ3n) is 6.70. The number of carbonyl (C=O) groups excluding carboxylic acids is 1. The van der Waals surface area contributed by atoms with Crippen LogP contribution in [0.5, 0.6) is 0 Å². The van der Waals surface area contributed by atoms with Crippen LogP contribution in [0, 0.1) is 23.7 Å². The van der Waals surface area contributed by atoms with Gasteiger partial charge in [0.15, 0.2) is 0 Å². The van der Waals surface area contributed by atoms with Crippen LogP contribution in [0.15, 0.2) is 0 Å². The molecule has 4 fully saturated rings. The molecule has 2 saturated heterocycles. The molecular weight excluding hydrogens is 260 g/mol.